The van der Waals surface area contributed by atoms with E-state index in [2.05, 4.69) is 68.4 Å². The van der Waals surface area contributed by atoms with Gasteiger partial charge in [-0.2, -0.15) is 0 Å². The van der Waals surface area contributed by atoms with E-state index in [4.69, 9.17) is 0 Å². The molecule has 1 aromatic carbocycles. The number of rotatable bonds is 8. The highest BCUT2D eigenvalue weighted by atomic mass is 15.1. The molecule has 1 unspecified atom stereocenters. The van der Waals surface area contributed by atoms with Crippen molar-refractivity contribution in [1.29, 1.82) is 0 Å². The van der Waals surface area contributed by atoms with Crippen LogP contribution in [-0.2, 0) is 6.54 Å². The first kappa shape index (κ1) is 15.2. The molecule has 2 heteroatoms. The van der Waals surface area contributed by atoms with Gasteiger partial charge in [-0.05, 0) is 19.0 Å². The van der Waals surface area contributed by atoms with Crippen LogP contribution in [0.25, 0.3) is 0 Å². The molecule has 1 rings (SSSR count). The molecule has 0 aromatic heterocycles. The minimum atomic E-state index is 0.564. The van der Waals surface area contributed by atoms with Gasteiger partial charge in [0.25, 0.3) is 0 Å². The third-order valence-corrected chi connectivity index (χ3v) is 3.28. The SMILES string of the molecule is CCCC(CNC(C)C)N(C)Cc1ccccc1. The van der Waals surface area contributed by atoms with Crippen molar-refractivity contribution < 1.29 is 0 Å². The van der Waals surface area contributed by atoms with Crippen LogP contribution in [0.4, 0.5) is 0 Å². The lowest BCUT2D eigenvalue weighted by Gasteiger charge is -2.29. The molecular weight excluding hydrogens is 220 g/mol. The summed E-state index contributed by atoms with van der Waals surface area (Å²) in [7, 11) is 2.23. The highest BCUT2D eigenvalue weighted by Crippen LogP contribution is 2.10. The fraction of sp³-hybridized carbons (Fsp3) is 0.625. The molecule has 0 amide bonds. The third-order valence-electron chi connectivity index (χ3n) is 3.28. The molecule has 1 aromatic rings. The number of nitrogens with zero attached hydrogens (tertiary/aromatic N) is 1. The molecule has 2 nitrogen and oxygen atoms in total. The molecule has 1 atom stereocenters. The molecule has 1 N–H and O–H groups in total. The highest BCUT2D eigenvalue weighted by Gasteiger charge is 2.14. The van der Waals surface area contributed by atoms with Crippen LogP contribution in [0.2, 0.25) is 0 Å². The summed E-state index contributed by atoms with van der Waals surface area (Å²) in [5, 5.41) is 3.56. The quantitative estimate of drug-likeness (QED) is 0.759. The van der Waals surface area contributed by atoms with Gasteiger partial charge in [0.2, 0.25) is 0 Å². The molecular formula is C16H28N2. The van der Waals surface area contributed by atoms with Crippen LogP contribution in [0.5, 0.6) is 0 Å². The molecule has 0 aliphatic carbocycles. The first-order valence-corrected chi connectivity index (χ1v) is 7.11. The molecule has 0 saturated heterocycles. The molecule has 0 radical (unpaired) electrons. The Morgan fingerprint density at radius 2 is 1.83 bits per heavy atom. The van der Waals surface area contributed by atoms with Crippen LogP contribution in [-0.4, -0.2) is 30.6 Å². The Bertz CT molecular complexity index is 308. The van der Waals surface area contributed by atoms with Crippen LogP contribution in [0.15, 0.2) is 30.3 Å². The summed E-state index contributed by atoms with van der Waals surface area (Å²) >= 11 is 0. The summed E-state index contributed by atoms with van der Waals surface area (Å²) in [6.45, 7) is 8.79. The summed E-state index contributed by atoms with van der Waals surface area (Å²) in [4.78, 5) is 2.47. The summed E-state index contributed by atoms with van der Waals surface area (Å²) in [5.41, 5.74) is 1.39. The van der Waals surface area contributed by atoms with Crippen molar-refractivity contribution in [2.75, 3.05) is 13.6 Å². The summed E-state index contributed by atoms with van der Waals surface area (Å²) in [6, 6.07) is 11.9. The fourth-order valence-corrected chi connectivity index (χ4v) is 2.18. The van der Waals surface area contributed by atoms with Gasteiger partial charge in [0.1, 0.15) is 0 Å². The Kier molecular flexibility index (Phi) is 6.99. The van der Waals surface area contributed by atoms with Gasteiger partial charge in [-0.25, -0.2) is 0 Å². The Hall–Kier alpha value is -0.860. The molecule has 0 bridgehead atoms. The monoisotopic (exact) mass is 248 g/mol. The zero-order valence-corrected chi connectivity index (χ0v) is 12.3. The molecule has 0 saturated carbocycles. The van der Waals surface area contributed by atoms with E-state index < -0.39 is 0 Å². The van der Waals surface area contributed by atoms with Gasteiger partial charge in [-0.3, -0.25) is 4.90 Å². The average Bonchev–Trinajstić information content (AvgIpc) is 2.35. The Labute approximate surface area is 112 Å². The third kappa shape index (κ3) is 5.65. The second kappa shape index (κ2) is 8.28. The lowest BCUT2D eigenvalue weighted by atomic mass is 10.1. The van der Waals surface area contributed by atoms with Crippen LogP contribution >= 0.6 is 0 Å². The Morgan fingerprint density at radius 1 is 1.17 bits per heavy atom. The molecule has 0 heterocycles. The maximum atomic E-state index is 3.56. The van der Waals surface area contributed by atoms with Crippen LogP contribution in [0.3, 0.4) is 0 Å². The molecule has 0 aliphatic heterocycles. The van der Waals surface area contributed by atoms with Gasteiger partial charge in [-0.1, -0.05) is 57.5 Å². The Balaban J connectivity index is 2.50. The first-order valence-electron chi connectivity index (χ1n) is 7.11. The number of hydrogen-bond donors (Lipinski definition) is 1. The van der Waals surface area contributed by atoms with Crippen molar-refractivity contribution in [3.05, 3.63) is 35.9 Å². The predicted octanol–water partition coefficient (Wildman–Crippen LogP) is 3.29. The van der Waals surface area contributed by atoms with Gasteiger partial charge >= 0.3 is 0 Å². The van der Waals surface area contributed by atoms with E-state index in [-0.39, 0.29) is 0 Å². The number of benzene rings is 1. The Morgan fingerprint density at radius 3 is 2.39 bits per heavy atom. The van der Waals surface area contributed by atoms with Crippen molar-refractivity contribution in [2.45, 2.75) is 52.2 Å². The van der Waals surface area contributed by atoms with Gasteiger partial charge in [-0.15, -0.1) is 0 Å². The highest BCUT2D eigenvalue weighted by molar-refractivity contribution is 5.14. The smallest absolute Gasteiger partial charge is 0.0234 e. The van der Waals surface area contributed by atoms with Crippen molar-refractivity contribution in [3.63, 3.8) is 0 Å². The van der Waals surface area contributed by atoms with Crippen molar-refractivity contribution >= 4 is 0 Å². The molecule has 0 spiro atoms. The molecule has 102 valence electrons. The van der Waals surface area contributed by atoms with E-state index in [0.717, 1.165) is 13.1 Å². The number of nitrogens with one attached hydrogen (secondary N) is 1. The van der Waals surface area contributed by atoms with Gasteiger partial charge < -0.3 is 5.32 Å². The lowest BCUT2D eigenvalue weighted by Crippen LogP contribution is -2.41. The van der Waals surface area contributed by atoms with E-state index in [1.165, 1.54) is 18.4 Å². The van der Waals surface area contributed by atoms with Crippen LogP contribution in [0, 0.1) is 0 Å². The minimum Gasteiger partial charge on any atom is -0.313 e. The second-order valence-electron chi connectivity index (χ2n) is 5.41. The number of hydrogen-bond acceptors (Lipinski definition) is 2. The van der Waals surface area contributed by atoms with E-state index in [1.807, 2.05) is 0 Å². The lowest BCUT2D eigenvalue weighted by molar-refractivity contribution is 0.211. The summed E-state index contributed by atoms with van der Waals surface area (Å²) in [6.07, 6.45) is 2.49. The van der Waals surface area contributed by atoms with E-state index in [0.29, 0.717) is 12.1 Å². The van der Waals surface area contributed by atoms with E-state index in [9.17, 15) is 0 Å². The standard InChI is InChI=1S/C16H28N2/c1-5-9-16(12-17-14(2)3)18(4)13-15-10-7-6-8-11-15/h6-8,10-11,14,16-17H,5,9,12-13H2,1-4H3. The van der Waals surface area contributed by atoms with Crippen molar-refractivity contribution in [2.24, 2.45) is 0 Å². The average molecular weight is 248 g/mol. The van der Waals surface area contributed by atoms with E-state index in [1.54, 1.807) is 0 Å². The zero-order chi connectivity index (χ0) is 13.4. The molecule has 0 aliphatic rings. The topological polar surface area (TPSA) is 15.3 Å². The fourth-order valence-electron chi connectivity index (χ4n) is 2.18. The van der Waals surface area contributed by atoms with Crippen LogP contribution in [0.1, 0.15) is 39.2 Å². The van der Waals surface area contributed by atoms with Gasteiger partial charge in [0.15, 0.2) is 0 Å². The maximum Gasteiger partial charge on any atom is 0.0234 e. The minimum absolute atomic E-state index is 0.564. The van der Waals surface area contributed by atoms with Gasteiger partial charge in [0.05, 0.1) is 0 Å². The van der Waals surface area contributed by atoms with Crippen molar-refractivity contribution in [1.82, 2.24) is 10.2 Å². The zero-order valence-electron chi connectivity index (χ0n) is 12.3. The molecule has 18 heavy (non-hydrogen) atoms. The number of likely N-dealkylation sites (N-methyl/N-ethyl adjacent to an activating group) is 1. The van der Waals surface area contributed by atoms with Crippen LogP contribution < -0.4 is 5.32 Å². The van der Waals surface area contributed by atoms with E-state index >= 15 is 0 Å². The van der Waals surface area contributed by atoms with Gasteiger partial charge in [0, 0.05) is 25.2 Å². The van der Waals surface area contributed by atoms with Crippen molar-refractivity contribution in [3.8, 4) is 0 Å². The largest absolute Gasteiger partial charge is 0.313 e. The summed E-state index contributed by atoms with van der Waals surface area (Å²) < 4.78 is 0. The second-order valence-corrected chi connectivity index (χ2v) is 5.41. The normalized spacial score (nSPS) is 13.2. The summed E-state index contributed by atoms with van der Waals surface area (Å²) in [5.74, 6) is 0. The molecule has 0 fully saturated rings. The predicted molar refractivity (Wildman–Crippen MR) is 79.7 cm³/mol. The maximum absolute atomic E-state index is 3.56. The first-order chi connectivity index (χ1) is 8.63.